The molecule has 5 nitrogen and oxygen atoms in total. The molecule has 0 bridgehead atoms. The molecule has 2 rings (SSSR count). The lowest BCUT2D eigenvalue weighted by atomic mass is 10.1. The average Bonchev–Trinajstić information content (AvgIpc) is 2.42. The SMILES string of the molecule is CN(CC(=O)c1ccc(O)c(O)c1)Cc1cccnc1. The van der Waals surface area contributed by atoms with Crippen molar-refractivity contribution in [3.63, 3.8) is 0 Å². The van der Waals surface area contributed by atoms with Crippen LogP contribution in [0.15, 0.2) is 42.7 Å². The highest BCUT2D eigenvalue weighted by Gasteiger charge is 2.11. The molecular formula is C15H16N2O3. The van der Waals surface area contributed by atoms with E-state index in [0.29, 0.717) is 12.1 Å². The average molecular weight is 272 g/mol. The molecule has 1 aromatic heterocycles. The van der Waals surface area contributed by atoms with Gasteiger partial charge in [-0.1, -0.05) is 6.07 Å². The number of hydrogen-bond donors (Lipinski definition) is 2. The van der Waals surface area contributed by atoms with Gasteiger partial charge in [-0.3, -0.25) is 14.7 Å². The molecule has 0 aliphatic rings. The summed E-state index contributed by atoms with van der Waals surface area (Å²) in [7, 11) is 1.84. The van der Waals surface area contributed by atoms with Crippen molar-refractivity contribution in [1.82, 2.24) is 9.88 Å². The molecule has 0 saturated carbocycles. The number of nitrogens with zero attached hydrogens (tertiary/aromatic N) is 2. The molecule has 2 N–H and O–H groups in total. The number of aromatic nitrogens is 1. The number of carbonyl (C=O) groups excluding carboxylic acids is 1. The van der Waals surface area contributed by atoms with Gasteiger partial charge in [0.2, 0.25) is 0 Å². The van der Waals surface area contributed by atoms with Crippen LogP contribution in [0.2, 0.25) is 0 Å². The first-order chi connectivity index (χ1) is 9.56. The van der Waals surface area contributed by atoms with Crippen LogP contribution in [-0.4, -0.2) is 39.5 Å². The Hall–Kier alpha value is -2.40. The minimum atomic E-state index is -0.286. The second-order valence-corrected chi connectivity index (χ2v) is 4.66. The molecule has 0 radical (unpaired) electrons. The van der Waals surface area contributed by atoms with Crippen molar-refractivity contribution in [2.24, 2.45) is 0 Å². The van der Waals surface area contributed by atoms with E-state index in [1.807, 2.05) is 24.1 Å². The molecule has 2 aromatic rings. The Bertz CT molecular complexity index is 599. The number of pyridine rings is 1. The van der Waals surface area contributed by atoms with Gasteiger partial charge >= 0.3 is 0 Å². The summed E-state index contributed by atoms with van der Waals surface area (Å²) in [5.74, 6) is -0.636. The molecule has 5 heteroatoms. The molecular weight excluding hydrogens is 256 g/mol. The number of Topliss-reactive ketones (excluding diaryl/α,β-unsaturated/α-hetero) is 1. The van der Waals surface area contributed by atoms with E-state index in [1.165, 1.54) is 18.2 Å². The highest BCUT2D eigenvalue weighted by Crippen LogP contribution is 2.25. The molecule has 1 aromatic carbocycles. The van der Waals surface area contributed by atoms with Gasteiger partial charge in [-0.2, -0.15) is 0 Å². The van der Waals surface area contributed by atoms with E-state index in [4.69, 9.17) is 0 Å². The third kappa shape index (κ3) is 3.55. The Morgan fingerprint density at radius 2 is 2.05 bits per heavy atom. The zero-order valence-electron chi connectivity index (χ0n) is 11.2. The van der Waals surface area contributed by atoms with Crippen LogP contribution in [0.25, 0.3) is 0 Å². The summed E-state index contributed by atoms with van der Waals surface area (Å²) < 4.78 is 0. The van der Waals surface area contributed by atoms with Gasteiger partial charge in [0, 0.05) is 24.5 Å². The fourth-order valence-corrected chi connectivity index (χ4v) is 1.89. The monoisotopic (exact) mass is 272 g/mol. The van der Waals surface area contributed by atoms with E-state index >= 15 is 0 Å². The van der Waals surface area contributed by atoms with Crippen LogP contribution in [0.4, 0.5) is 0 Å². The van der Waals surface area contributed by atoms with Gasteiger partial charge in [-0.25, -0.2) is 0 Å². The number of phenolic OH excluding ortho intramolecular Hbond substituents is 2. The second kappa shape index (κ2) is 6.16. The normalized spacial score (nSPS) is 10.7. The fraction of sp³-hybridized carbons (Fsp3) is 0.200. The lowest BCUT2D eigenvalue weighted by Crippen LogP contribution is -2.25. The molecule has 0 fully saturated rings. The summed E-state index contributed by atoms with van der Waals surface area (Å²) in [6.45, 7) is 0.836. The smallest absolute Gasteiger partial charge is 0.176 e. The summed E-state index contributed by atoms with van der Waals surface area (Å²) >= 11 is 0. The van der Waals surface area contributed by atoms with Gasteiger partial charge in [0.1, 0.15) is 0 Å². The van der Waals surface area contributed by atoms with Crippen LogP contribution in [0.5, 0.6) is 11.5 Å². The third-order valence-electron chi connectivity index (χ3n) is 2.89. The minimum Gasteiger partial charge on any atom is -0.504 e. The first-order valence-corrected chi connectivity index (χ1v) is 6.19. The summed E-state index contributed by atoms with van der Waals surface area (Å²) in [4.78, 5) is 17.9. The van der Waals surface area contributed by atoms with Gasteiger partial charge in [-0.15, -0.1) is 0 Å². The van der Waals surface area contributed by atoms with E-state index in [9.17, 15) is 15.0 Å². The number of phenols is 2. The van der Waals surface area contributed by atoms with Crippen LogP contribution in [0.1, 0.15) is 15.9 Å². The van der Waals surface area contributed by atoms with Crippen molar-refractivity contribution in [2.75, 3.05) is 13.6 Å². The van der Waals surface area contributed by atoms with E-state index in [0.717, 1.165) is 5.56 Å². The van der Waals surface area contributed by atoms with Crippen molar-refractivity contribution in [1.29, 1.82) is 0 Å². The molecule has 0 unspecified atom stereocenters. The maximum absolute atomic E-state index is 12.1. The highest BCUT2D eigenvalue weighted by atomic mass is 16.3. The number of benzene rings is 1. The molecule has 0 aliphatic heterocycles. The first-order valence-electron chi connectivity index (χ1n) is 6.19. The lowest BCUT2D eigenvalue weighted by molar-refractivity contribution is 0.0942. The molecule has 0 atom stereocenters. The van der Waals surface area contributed by atoms with Gasteiger partial charge < -0.3 is 10.2 Å². The van der Waals surface area contributed by atoms with Crippen LogP contribution in [-0.2, 0) is 6.54 Å². The van der Waals surface area contributed by atoms with E-state index < -0.39 is 0 Å². The predicted molar refractivity (Wildman–Crippen MR) is 74.7 cm³/mol. The van der Waals surface area contributed by atoms with Crippen LogP contribution in [0, 0.1) is 0 Å². The maximum Gasteiger partial charge on any atom is 0.176 e. The summed E-state index contributed by atoms with van der Waals surface area (Å²) in [6.07, 6.45) is 3.46. The molecule has 0 aliphatic carbocycles. The predicted octanol–water partition coefficient (Wildman–Crippen LogP) is 1.81. The Balaban J connectivity index is 1.98. The summed E-state index contributed by atoms with van der Waals surface area (Å²) in [5.41, 5.74) is 1.40. The van der Waals surface area contributed by atoms with Crippen molar-refractivity contribution >= 4 is 5.78 Å². The van der Waals surface area contributed by atoms with E-state index in [1.54, 1.807) is 12.4 Å². The van der Waals surface area contributed by atoms with E-state index in [2.05, 4.69) is 4.98 Å². The highest BCUT2D eigenvalue weighted by molar-refractivity contribution is 5.98. The first kappa shape index (κ1) is 14.0. The topological polar surface area (TPSA) is 73.7 Å². The maximum atomic E-state index is 12.1. The molecule has 20 heavy (non-hydrogen) atoms. The van der Waals surface area contributed by atoms with Gasteiger partial charge in [0.15, 0.2) is 17.3 Å². The number of ketones is 1. The fourth-order valence-electron chi connectivity index (χ4n) is 1.89. The molecule has 0 spiro atoms. The Kier molecular flexibility index (Phi) is 4.32. The Morgan fingerprint density at radius 3 is 2.70 bits per heavy atom. The van der Waals surface area contributed by atoms with Gasteiger partial charge in [-0.05, 0) is 36.9 Å². The number of hydrogen-bond acceptors (Lipinski definition) is 5. The molecule has 0 saturated heterocycles. The van der Waals surface area contributed by atoms with Crippen LogP contribution < -0.4 is 0 Å². The van der Waals surface area contributed by atoms with Crippen molar-refractivity contribution in [3.8, 4) is 11.5 Å². The summed E-state index contributed by atoms with van der Waals surface area (Å²) in [6, 6.07) is 7.87. The quantitative estimate of drug-likeness (QED) is 0.641. The Labute approximate surface area is 117 Å². The molecule has 0 amide bonds. The number of carbonyl (C=O) groups is 1. The lowest BCUT2D eigenvalue weighted by Gasteiger charge is -2.15. The summed E-state index contributed by atoms with van der Waals surface area (Å²) in [5, 5.41) is 18.6. The number of aromatic hydroxyl groups is 2. The van der Waals surface area contributed by atoms with Crippen LogP contribution >= 0.6 is 0 Å². The number of likely N-dealkylation sites (N-methyl/N-ethyl adjacent to an activating group) is 1. The number of rotatable bonds is 5. The van der Waals surface area contributed by atoms with Gasteiger partial charge in [0.05, 0.1) is 6.54 Å². The second-order valence-electron chi connectivity index (χ2n) is 4.66. The molecule has 104 valence electrons. The zero-order chi connectivity index (χ0) is 14.5. The largest absolute Gasteiger partial charge is 0.504 e. The minimum absolute atomic E-state index is 0.119. The third-order valence-corrected chi connectivity index (χ3v) is 2.89. The zero-order valence-corrected chi connectivity index (χ0v) is 11.2. The van der Waals surface area contributed by atoms with Crippen molar-refractivity contribution in [2.45, 2.75) is 6.54 Å². The standard InChI is InChI=1S/C15H16N2O3/c1-17(9-11-3-2-6-16-8-11)10-15(20)12-4-5-13(18)14(19)7-12/h2-8,18-19H,9-10H2,1H3. The van der Waals surface area contributed by atoms with Gasteiger partial charge in [0.25, 0.3) is 0 Å². The Morgan fingerprint density at radius 1 is 1.25 bits per heavy atom. The van der Waals surface area contributed by atoms with Crippen molar-refractivity contribution < 1.29 is 15.0 Å². The van der Waals surface area contributed by atoms with E-state index in [-0.39, 0.29) is 23.8 Å². The molecule has 1 heterocycles. The van der Waals surface area contributed by atoms with Crippen molar-refractivity contribution in [3.05, 3.63) is 53.9 Å². The van der Waals surface area contributed by atoms with Crippen LogP contribution in [0.3, 0.4) is 0 Å².